The van der Waals surface area contributed by atoms with Crippen LogP contribution in [0.3, 0.4) is 0 Å². The maximum absolute atomic E-state index is 12.6. The van der Waals surface area contributed by atoms with Gasteiger partial charge in [0.25, 0.3) is 5.69 Å². The predicted molar refractivity (Wildman–Crippen MR) is 37.2 cm³/mol. The first kappa shape index (κ1) is 12.3. The third-order valence-corrected chi connectivity index (χ3v) is 1.44. The Kier molecular flexibility index (Phi) is 4.32. The monoisotopic (exact) mass is 193 g/mol. The van der Waals surface area contributed by atoms with Crippen LogP contribution in [0.5, 0.6) is 5.75 Å². The quantitative estimate of drug-likeness (QED) is 0.298. The molecule has 4 nitrogen and oxygen atoms in total. The van der Waals surface area contributed by atoms with Crippen LogP contribution in [0.1, 0.15) is 5.56 Å². The van der Waals surface area contributed by atoms with Crippen molar-refractivity contribution in [1.82, 2.24) is 0 Å². The third kappa shape index (κ3) is 2.65. The standard InChI is InChI=1S/C7H6FNO3.Na/c1-4-2-6(9(11)12)7(10)3-5(4)8;/h2-3,10H,1H3;/q;+1/p-1. The zero-order valence-electron chi connectivity index (χ0n) is 7.20. The number of hydrogen-bond donors (Lipinski definition) is 0. The summed E-state index contributed by atoms with van der Waals surface area (Å²) in [4.78, 5) is 9.34. The van der Waals surface area contributed by atoms with Gasteiger partial charge in [0.05, 0.1) is 4.92 Å². The Morgan fingerprint density at radius 3 is 2.46 bits per heavy atom. The van der Waals surface area contributed by atoms with Crippen LogP contribution < -0.4 is 34.7 Å². The van der Waals surface area contributed by atoms with E-state index in [0.29, 0.717) is 6.07 Å². The first-order valence-corrected chi connectivity index (χ1v) is 3.14. The molecule has 0 spiro atoms. The van der Waals surface area contributed by atoms with Gasteiger partial charge in [-0.05, 0) is 24.3 Å². The summed E-state index contributed by atoms with van der Waals surface area (Å²) in [6.07, 6.45) is 0. The molecule has 0 N–H and O–H groups in total. The van der Waals surface area contributed by atoms with Crippen LogP contribution in [0.25, 0.3) is 0 Å². The van der Waals surface area contributed by atoms with E-state index < -0.39 is 22.2 Å². The molecule has 0 heterocycles. The van der Waals surface area contributed by atoms with E-state index in [4.69, 9.17) is 0 Å². The van der Waals surface area contributed by atoms with Crippen LogP contribution >= 0.6 is 0 Å². The number of aryl methyl sites for hydroxylation is 1. The molecule has 0 unspecified atom stereocenters. The van der Waals surface area contributed by atoms with Crippen LogP contribution in [-0.4, -0.2) is 4.92 Å². The van der Waals surface area contributed by atoms with Gasteiger partial charge in [-0.2, -0.15) is 0 Å². The molecule has 0 atom stereocenters. The Bertz CT molecular complexity index is 343. The van der Waals surface area contributed by atoms with Gasteiger partial charge in [0.15, 0.2) is 0 Å². The normalized spacial score (nSPS) is 9.08. The zero-order valence-corrected chi connectivity index (χ0v) is 9.20. The predicted octanol–water partition coefficient (Wildman–Crippen LogP) is -1.88. The minimum atomic E-state index is -0.900. The molecule has 0 aromatic heterocycles. The third-order valence-electron chi connectivity index (χ3n) is 1.44. The second-order valence-electron chi connectivity index (χ2n) is 2.33. The molecule has 0 radical (unpaired) electrons. The van der Waals surface area contributed by atoms with Crippen molar-refractivity contribution in [2.24, 2.45) is 0 Å². The minimum absolute atomic E-state index is 0. The van der Waals surface area contributed by atoms with Crippen molar-refractivity contribution in [3.05, 3.63) is 33.6 Å². The van der Waals surface area contributed by atoms with Crippen LogP contribution in [0.2, 0.25) is 0 Å². The van der Waals surface area contributed by atoms with E-state index in [-0.39, 0.29) is 35.1 Å². The van der Waals surface area contributed by atoms with Crippen molar-refractivity contribution in [2.75, 3.05) is 0 Å². The van der Waals surface area contributed by atoms with Gasteiger partial charge in [0.1, 0.15) is 5.82 Å². The first-order valence-electron chi connectivity index (χ1n) is 3.14. The fourth-order valence-electron chi connectivity index (χ4n) is 0.791. The molecule has 0 aliphatic heterocycles. The number of nitrogens with zero attached hydrogens (tertiary/aromatic N) is 1. The summed E-state index contributed by atoms with van der Waals surface area (Å²) in [7, 11) is 0. The topological polar surface area (TPSA) is 66.2 Å². The fourth-order valence-corrected chi connectivity index (χ4v) is 0.791. The molecule has 0 fully saturated rings. The van der Waals surface area contributed by atoms with Crippen LogP contribution in [-0.2, 0) is 0 Å². The summed E-state index contributed by atoms with van der Waals surface area (Å²) < 4.78 is 12.6. The van der Waals surface area contributed by atoms with Gasteiger partial charge in [-0.25, -0.2) is 4.39 Å². The number of hydrogen-bond acceptors (Lipinski definition) is 3. The second kappa shape index (κ2) is 4.55. The minimum Gasteiger partial charge on any atom is -0.868 e. The van der Waals surface area contributed by atoms with Gasteiger partial charge >= 0.3 is 29.6 Å². The summed E-state index contributed by atoms with van der Waals surface area (Å²) in [5.41, 5.74) is -0.491. The Morgan fingerprint density at radius 1 is 1.46 bits per heavy atom. The van der Waals surface area contributed by atoms with Gasteiger partial charge in [-0.1, -0.05) is 0 Å². The molecule has 1 rings (SSSR count). The van der Waals surface area contributed by atoms with E-state index in [9.17, 15) is 19.6 Å². The summed E-state index contributed by atoms with van der Waals surface area (Å²) in [5, 5.41) is 20.9. The average Bonchev–Trinajstić information content (AvgIpc) is 1.96. The zero-order chi connectivity index (χ0) is 9.30. The molecule has 1 aromatic carbocycles. The largest absolute Gasteiger partial charge is 1.00 e. The molecule has 1 aromatic rings. The second-order valence-corrected chi connectivity index (χ2v) is 2.33. The molecule has 0 bridgehead atoms. The summed E-state index contributed by atoms with van der Waals surface area (Å²) in [6.45, 7) is 1.36. The van der Waals surface area contributed by atoms with E-state index in [1.54, 1.807) is 0 Å². The van der Waals surface area contributed by atoms with E-state index >= 15 is 0 Å². The van der Waals surface area contributed by atoms with Crippen molar-refractivity contribution in [1.29, 1.82) is 0 Å². The van der Waals surface area contributed by atoms with Crippen LogP contribution in [0, 0.1) is 22.9 Å². The Balaban J connectivity index is 0.00000144. The molecule has 13 heavy (non-hydrogen) atoms. The Hall–Kier alpha value is -0.650. The van der Waals surface area contributed by atoms with Crippen molar-refractivity contribution >= 4 is 5.69 Å². The SMILES string of the molecule is Cc1cc([N+](=O)[O-])c([O-])cc1F.[Na+]. The number of rotatable bonds is 1. The van der Waals surface area contributed by atoms with Gasteiger partial charge < -0.3 is 5.11 Å². The van der Waals surface area contributed by atoms with Crippen molar-refractivity contribution < 1.29 is 44.0 Å². The van der Waals surface area contributed by atoms with Gasteiger partial charge in [-0.3, -0.25) is 10.1 Å². The molecule has 0 aliphatic carbocycles. The van der Waals surface area contributed by atoms with E-state index in [1.807, 2.05) is 0 Å². The van der Waals surface area contributed by atoms with Crippen molar-refractivity contribution in [3.63, 3.8) is 0 Å². The van der Waals surface area contributed by atoms with Gasteiger partial charge in [0.2, 0.25) is 0 Å². The van der Waals surface area contributed by atoms with Crippen molar-refractivity contribution in [2.45, 2.75) is 6.92 Å². The molecular weight excluding hydrogens is 188 g/mol. The maximum atomic E-state index is 12.6. The summed E-state index contributed by atoms with van der Waals surface area (Å²) >= 11 is 0. The van der Waals surface area contributed by atoms with Crippen LogP contribution in [0.15, 0.2) is 12.1 Å². The van der Waals surface area contributed by atoms with E-state index in [0.717, 1.165) is 6.07 Å². The molecular formula is C7H5FNNaO3. The average molecular weight is 193 g/mol. The van der Waals surface area contributed by atoms with Gasteiger partial charge in [-0.15, -0.1) is 0 Å². The first-order chi connectivity index (χ1) is 5.52. The smallest absolute Gasteiger partial charge is 0.868 e. The van der Waals surface area contributed by atoms with E-state index in [2.05, 4.69) is 0 Å². The molecule has 0 saturated heterocycles. The number of benzene rings is 1. The fraction of sp³-hybridized carbons (Fsp3) is 0.143. The summed E-state index contributed by atoms with van der Waals surface area (Å²) in [5.74, 6) is -1.62. The Morgan fingerprint density at radius 2 is 2.00 bits per heavy atom. The van der Waals surface area contributed by atoms with Crippen molar-refractivity contribution in [3.8, 4) is 5.75 Å². The Labute approximate surface area is 95.8 Å². The number of halogens is 1. The molecule has 0 amide bonds. The maximum Gasteiger partial charge on any atom is 1.00 e. The van der Waals surface area contributed by atoms with Crippen LogP contribution in [0.4, 0.5) is 10.1 Å². The number of nitro groups is 1. The van der Waals surface area contributed by atoms with E-state index in [1.165, 1.54) is 6.92 Å². The molecule has 64 valence electrons. The van der Waals surface area contributed by atoms with Gasteiger partial charge in [0, 0.05) is 6.07 Å². The number of nitro benzene ring substituents is 1. The molecule has 0 aliphatic rings. The molecule has 0 saturated carbocycles. The molecule has 6 heteroatoms. The summed E-state index contributed by atoms with van der Waals surface area (Å²) in [6, 6.07) is 1.55.